The van der Waals surface area contributed by atoms with E-state index in [1.165, 1.54) is 29.8 Å². The molecule has 1 heterocycles. The minimum absolute atomic E-state index is 0.0289. The molecule has 3 rings (SSSR count). The number of thioether (sulfide) groups is 2. The van der Waals surface area contributed by atoms with Gasteiger partial charge in [-0.2, -0.15) is 0 Å². The van der Waals surface area contributed by atoms with Gasteiger partial charge in [-0.25, -0.2) is 0 Å². The van der Waals surface area contributed by atoms with E-state index in [4.69, 9.17) is 0 Å². The van der Waals surface area contributed by atoms with Crippen molar-refractivity contribution in [1.29, 1.82) is 0 Å². The maximum atomic E-state index is 12.2. The first kappa shape index (κ1) is 15.9. The number of carbonyl (C=O) groups is 1. The molecule has 0 atom stereocenters. The summed E-state index contributed by atoms with van der Waals surface area (Å²) in [6.45, 7) is 0. The Kier molecular flexibility index (Phi) is 4.88. The van der Waals surface area contributed by atoms with Crippen LogP contribution in [0.3, 0.4) is 0 Å². The van der Waals surface area contributed by atoms with Crippen LogP contribution in [0.25, 0.3) is 0 Å². The minimum atomic E-state index is -0.484. The van der Waals surface area contributed by atoms with Crippen LogP contribution in [0.4, 0.5) is 11.4 Å². The Balaban J connectivity index is 1.72. The van der Waals surface area contributed by atoms with Crippen molar-refractivity contribution < 1.29 is 9.72 Å². The Morgan fingerprint density at radius 2 is 1.83 bits per heavy atom. The third kappa shape index (κ3) is 3.86. The number of rotatable bonds is 4. The highest BCUT2D eigenvalue weighted by Gasteiger charge is 2.18. The highest BCUT2D eigenvalue weighted by atomic mass is 32.2. The Labute approximate surface area is 142 Å². The molecule has 0 unspecified atom stereocenters. The van der Waals surface area contributed by atoms with Crippen molar-refractivity contribution >= 4 is 40.8 Å². The van der Waals surface area contributed by atoms with Crippen LogP contribution in [-0.2, 0) is 0 Å². The van der Waals surface area contributed by atoms with Gasteiger partial charge in [0.15, 0.2) is 0 Å². The topological polar surface area (TPSA) is 72.2 Å². The van der Waals surface area contributed by atoms with E-state index in [1.807, 2.05) is 41.7 Å². The number of carbonyl (C=O) groups excluding carboxylic acids is 1. The van der Waals surface area contributed by atoms with E-state index in [0.29, 0.717) is 10.1 Å². The van der Waals surface area contributed by atoms with Crippen LogP contribution in [0, 0.1) is 10.1 Å². The van der Waals surface area contributed by atoms with Gasteiger partial charge in [0.25, 0.3) is 11.6 Å². The molecule has 0 radical (unpaired) electrons. The lowest BCUT2D eigenvalue weighted by Gasteiger charge is -2.11. The highest BCUT2D eigenvalue weighted by Crippen LogP contribution is 2.45. The molecule has 0 saturated carbocycles. The van der Waals surface area contributed by atoms with Crippen molar-refractivity contribution in [2.75, 3.05) is 16.8 Å². The molecule has 1 N–H and O–H groups in total. The Bertz CT molecular complexity index is 728. The molecule has 0 aromatic heterocycles. The SMILES string of the molecule is O=C(Nc1cccc(C2SCCS2)c1)c1ccc([N+](=O)[O-])cc1. The van der Waals surface area contributed by atoms with E-state index in [2.05, 4.69) is 11.4 Å². The lowest BCUT2D eigenvalue weighted by molar-refractivity contribution is -0.384. The second-order valence-corrected chi connectivity index (χ2v) is 7.68. The largest absolute Gasteiger partial charge is 0.322 e. The monoisotopic (exact) mass is 346 g/mol. The second-order valence-electron chi connectivity index (χ2n) is 4.96. The summed E-state index contributed by atoms with van der Waals surface area (Å²) in [6.07, 6.45) is 0. The number of nitrogens with zero attached hydrogens (tertiary/aromatic N) is 1. The molecule has 1 saturated heterocycles. The smallest absolute Gasteiger partial charge is 0.269 e. The van der Waals surface area contributed by atoms with Crippen molar-refractivity contribution in [3.05, 3.63) is 69.8 Å². The number of amides is 1. The lowest BCUT2D eigenvalue weighted by Crippen LogP contribution is -2.12. The predicted molar refractivity (Wildman–Crippen MR) is 95.1 cm³/mol. The average molecular weight is 346 g/mol. The summed E-state index contributed by atoms with van der Waals surface area (Å²) in [5.74, 6) is 2.02. The van der Waals surface area contributed by atoms with Crippen LogP contribution in [0.2, 0.25) is 0 Å². The summed E-state index contributed by atoms with van der Waals surface area (Å²) in [5, 5.41) is 13.5. The fourth-order valence-electron chi connectivity index (χ4n) is 2.25. The number of nitro groups is 1. The van der Waals surface area contributed by atoms with Crippen molar-refractivity contribution in [2.24, 2.45) is 0 Å². The minimum Gasteiger partial charge on any atom is -0.322 e. The van der Waals surface area contributed by atoms with Crippen LogP contribution in [0.1, 0.15) is 20.5 Å². The molecule has 0 spiro atoms. The van der Waals surface area contributed by atoms with Gasteiger partial charge >= 0.3 is 0 Å². The molecule has 1 fully saturated rings. The molecule has 1 aliphatic heterocycles. The molecular weight excluding hydrogens is 332 g/mol. The van der Waals surface area contributed by atoms with Crippen molar-refractivity contribution in [3.63, 3.8) is 0 Å². The Morgan fingerprint density at radius 1 is 1.13 bits per heavy atom. The molecule has 1 aliphatic rings. The fraction of sp³-hybridized carbons (Fsp3) is 0.188. The molecule has 2 aromatic carbocycles. The molecule has 23 heavy (non-hydrogen) atoms. The normalized spacial score (nSPS) is 14.6. The van der Waals surface area contributed by atoms with Gasteiger partial charge in [-0.15, -0.1) is 23.5 Å². The third-order valence-electron chi connectivity index (χ3n) is 3.38. The van der Waals surface area contributed by atoms with Gasteiger partial charge in [0, 0.05) is 34.9 Å². The molecule has 0 aliphatic carbocycles. The molecule has 0 bridgehead atoms. The standard InChI is InChI=1S/C16H14N2O3S2/c19-15(11-4-6-14(7-5-11)18(20)21)17-13-3-1-2-12(10-13)16-22-8-9-23-16/h1-7,10,16H,8-9H2,(H,17,19). The van der Waals surface area contributed by atoms with E-state index in [-0.39, 0.29) is 11.6 Å². The molecule has 2 aromatic rings. The summed E-state index contributed by atoms with van der Waals surface area (Å²) in [5.41, 5.74) is 2.29. The third-order valence-corrected chi connectivity index (χ3v) is 6.48. The van der Waals surface area contributed by atoms with Gasteiger partial charge in [-0.3, -0.25) is 14.9 Å². The molecule has 1 amide bonds. The van der Waals surface area contributed by atoms with Crippen LogP contribution < -0.4 is 5.32 Å². The van der Waals surface area contributed by atoms with E-state index < -0.39 is 4.92 Å². The van der Waals surface area contributed by atoms with Crippen molar-refractivity contribution in [1.82, 2.24) is 0 Å². The van der Waals surface area contributed by atoms with Crippen LogP contribution in [0.15, 0.2) is 48.5 Å². The zero-order valence-electron chi connectivity index (χ0n) is 12.1. The fourth-order valence-corrected chi connectivity index (χ4v) is 5.09. The summed E-state index contributed by atoms with van der Waals surface area (Å²) >= 11 is 3.82. The summed E-state index contributed by atoms with van der Waals surface area (Å²) in [7, 11) is 0. The number of benzene rings is 2. The van der Waals surface area contributed by atoms with E-state index >= 15 is 0 Å². The van der Waals surface area contributed by atoms with Gasteiger partial charge in [-0.1, -0.05) is 12.1 Å². The summed E-state index contributed by atoms with van der Waals surface area (Å²) in [4.78, 5) is 22.4. The van der Waals surface area contributed by atoms with Gasteiger partial charge < -0.3 is 5.32 Å². The highest BCUT2D eigenvalue weighted by molar-refractivity contribution is 8.19. The molecule has 118 valence electrons. The number of hydrogen-bond acceptors (Lipinski definition) is 5. The van der Waals surface area contributed by atoms with Crippen LogP contribution >= 0.6 is 23.5 Å². The lowest BCUT2D eigenvalue weighted by atomic mass is 10.1. The average Bonchev–Trinajstić information content (AvgIpc) is 3.10. The zero-order chi connectivity index (χ0) is 16.2. The van der Waals surface area contributed by atoms with Crippen LogP contribution in [0.5, 0.6) is 0 Å². The Morgan fingerprint density at radius 3 is 2.48 bits per heavy atom. The summed E-state index contributed by atoms with van der Waals surface area (Å²) < 4.78 is 0.422. The second kappa shape index (κ2) is 7.06. The molecule has 5 nitrogen and oxygen atoms in total. The number of anilines is 1. The number of nitro benzene ring substituents is 1. The first-order valence-electron chi connectivity index (χ1n) is 7.02. The van der Waals surface area contributed by atoms with Crippen molar-refractivity contribution in [2.45, 2.75) is 4.58 Å². The van der Waals surface area contributed by atoms with Crippen LogP contribution in [-0.4, -0.2) is 22.3 Å². The van der Waals surface area contributed by atoms with Gasteiger partial charge in [0.1, 0.15) is 0 Å². The predicted octanol–water partition coefficient (Wildman–Crippen LogP) is 4.33. The first-order chi connectivity index (χ1) is 11.1. The Hall–Kier alpha value is -1.99. The molecular formula is C16H14N2O3S2. The van der Waals surface area contributed by atoms with E-state index in [0.717, 1.165) is 17.2 Å². The van der Waals surface area contributed by atoms with Gasteiger partial charge in [0.05, 0.1) is 9.51 Å². The molecule has 7 heteroatoms. The summed E-state index contributed by atoms with van der Waals surface area (Å²) in [6, 6.07) is 13.4. The van der Waals surface area contributed by atoms with Crippen molar-refractivity contribution in [3.8, 4) is 0 Å². The first-order valence-corrected chi connectivity index (χ1v) is 9.12. The maximum absolute atomic E-state index is 12.2. The van der Waals surface area contributed by atoms with Gasteiger partial charge in [-0.05, 0) is 29.8 Å². The zero-order valence-corrected chi connectivity index (χ0v) is 13.7. The quantitative estimate of drug-likeness (QED) is 0.659. The number of nitrogens with one attached hydrogen (secondary N) is 1. The number of hydrogen-bond donors (Lipinski definition) is 1. The maximum Gasteiger partial charge on any atom is 0.269 e. The number of non-ortho nitro benzene ring substituents is 1. The van der Waals surface area contributed by atoms with E-state index in [1.54, 1.807) is 0 Å². The van der Waals surface area contributed by atoms with Gasteiger partial charge in [0.2, 0.25) is 0 Å². The van der Waals surface area contributed by atoms with E-state index in [9.17, 15) is 14.9 Å².